The second kappa shape index (κ2) is 11.7. The summed E-state index contributed by atoms with van der Waals surface area (Å²) in [5.41, 5.74) is 8.11. The monoisotopic (exact) mass is 561 g/mol. The second-order valence-corrected chi connectivity index (χ2v) is 10.6. The van der Waals surface area contributed by atoms with E-state index in [9.17, 15) is 4.39 Å². The molecule has 3 heterocycles. The molecule has 0 radical (unpaired) electrons. The lowest BCUT2D eigenvalue weighted by Crippen LogP contribution is -2.46. The van der Waals surface area contributed by atoms with Crippen molar-refractivity contribution < 1.29 is 13.9 Å². The lowest BCUT2D eigenvalue weighted by Gasteiger charge is -2.38. The van der Waals surface area contributed by atoms with Crippen LogP contribution in [-0.4, -0.2) is 48.8 Å². The molecule has 0 amide bonds. The lowest BCUT2D eigenvalue weighted by molar-refractivity contribution is 0.121. The summed E-state index contributed by atoms with van der Waals surface area (Å²) >= 11 is 0. The van der Waals surface area contributed by atoms with E-state index >= 15 is 0 Å². The van der Waals surface area contributed by atoms with Gasteiger partial charge in [-0.2, -0.15) is 4.39 Å². The molecule has 5 nitrogen and oxygen atoms in total. The van der Waals surface area contributed by atoms with Gasteiger partial charge in [0.05, 0.1) is 13.0 Å². The number of fused-ring (bicyclic) bond motifs is 1. The molecule has 0 spiro atoms. The molecule has 0 N–H and O–H groups in total. The van der Waals surface area contributed by atoms with Gasteiger partial charge >= 0.3 is 0 Å². The van der Waals surface area contributed by atoms with E-state index in [1.54, 1.807) is 13.3 Å². The number of aromatic nitrogens is 1. The highest BCUT2D eigenvalue weighted by Crippen LogP contribution is 2.54. The Morgan fingerprint density at radius 3 is 2.18 bits per heavy atom. The first-order chi connectivity index (χ1) is 17.2. The number of hydrogen-bond acceptors (Lipinski definition) is 5. The Hall–Kier alpha value is -2.54. The Morgan fingerprint density at radius 2 is 1.61 bits per heavy atom. The Balaban J connectivity index is 0.00000200. The van der Waals surface area contributed by atoms with Crippen molar-refractivity contribution in [2.24, 2.45) is 0 Å². The van der Waals surface area contributed by atoms with Crippen molar-refractivity contribution >= 4 is 30.5 Å². The summed E-state index contributed by atoms with van der Waals surface area (Å²) in [6.07, 6.45) is 1.66. The van der Waals surface area contributed by atoms with E-state index in [2.05, 4.69) is 61.5 Å². The SMILES string of the molecule is COc1ccc(CN2CCN(c3c(C)c(C)c4c(c3C)C(c3ccc(F)nc3)C(C)(C)O4)CC2)cc1.Cl.Cl. The Bertz CT molecular complexity index is 1260. The third-order valence-corrected chi connectivity index (χ3v) is 7.95. The van der Waals surface area contributed by atoms with E-state index < -0.39 is 11.5 Å². The standard InChI is InChI=1S/C30H36FN3O2.2ClH/c1-19-20(2)29-26(27(30(4,5)36-29)23-9-12-25(31)32-17-23)21(3)28(19)34-15-13-33(14-16-34)18-22-7-10-24(35-6)11-8-22;;/h7-12,17,27H,13-16,18H2,1-6H3;2*1H. The quantitative estimate of drug-likeness (QED) is 0.327. The maximum Gasteiger partial charge on any atom is 0.212 e. The second-order valence-electron chi connectivity index (χ2n) is 10.6. The molecule has 1 fully saturated rings. The molecular formula is C30H38Cl2FN3O2. The van der Waals surface area contributed by atoms with Gasteiger partial charge < -0.3 is 14.4 Å². The normalized spacial score (nSPS) is 18.2. The molecule has 5 rings (SSSR count). The summed E-state index contributed by atoms with van der Waals surface area (Å²) in [5, 5.41) is 0. The third kappa shape index (κ3) is 5.45. The minimum atomic E-state index is -0.458. The zero-order chi connectivity index (χ0) is 25.6. The van der Waals surface area contributed by atoms with Crippen molar-refractivity contribution in [2.45, 2.75) is 52.7 Å². The molecule has 1 unspecified atom stereocenters. The number of halogens is 3. The zero-order valence-electron chi connectivity index (χ0n) is 23.0. The third-order valence-electron chi connectivity index (χ3n) is 7.95. The van der Waals surface area contributed by atoms with Gasteiger partial charge in [0.15, 0.2) is 0 Å². The molecule has 3 aromatic rings. The van der Waals surface area contributed by atoms with Gasteiger partial charge in [-0.05, 0) is 80.6 Å². The van der Waals surface area contributed by atoms with Gasteiger partial charge in [-0.1, -0.05) is 18.2 Å². The maximum atomic E-state index is 13.6. The van der Waals surface area contributed by atoms with Crippen molar-refractivity contribution in [3.8, 4) is 11.5 Å². The number of pyridine rings is 1. The van der Waals surface area contributed by atoms with Gasteiger partial charge in [0, 0.05) is 50.2 Å². The molecule has 1 atom stereocenters. The van der Waals surface area contributed by atoms with Gasteiger partial charge in [-0.25, -0.2) is 4.98 Å². The van der Waals surface area contributed by atoms with E-state index in [1.165, 1.54) is 39.6 Å². The van der Waals surface area contributed by atoms with E-state index in [0.29, 0.717) is 0 Å². The van der Waals surface area contributed by atoms with Crippen LogP contribution in [-0.2, 0) is 6.54 Å². The lowest BCUT2D eigenvalue weighted by atomic mass is 9.79. The first kappa shape index (κ1) is 30.0. The Morgan fingerprint density at radius 1 is 0.947 bits per heavy atom. The minimum absolute atomic E-state index is 0. The molecule has 0 saturated carbocycles. The Labute approximate surface area is 238 Å². The molecule has 2 aliphatic rings. The molecule has 0 bridgehead atoms. The first-order valence-electron chi connectivity index (χ1n) is 12.7. The molecular weight excluding hydrogens is 524 g/mol. The molecule has 206 valence electrons. The molecule has 0 aliphatic carbocycles. The van der Waals surface area contributed by atoms with Gasteiger partial charge in [0.2, 0.25) is 5.95 Å². The number of anilines is 1. The highest BCUT2D eigenvalue weighted by atomic mass is 35.5. The molecule has 1 saturated heterocycles. The largest absolute Gasteiger partial charge is 0.497 e. The van der Waals surface area contributed by atoms with Crippen LogP contribution in [0.15, 0.2) is 42.6 Å². The van der Waals surface area contributed by atoms with Crippen molar-refractivity contribution in [1.82, 2.24) is 9.88 Å². The van der Waals surface area contributed by atoms with Crippen molar-refractivity contribution in [3.63, 3.8) is 0 Å². The van der Waals surface area contributed by atoms with Gasteiger partial charge in [0.1, 0.15) is 17.1 Å². The van der Waals surface area contributed by atoms with Crippen LogP contribution >= 0.6 is 24.8 Å². The van der Waals surface area contributed by atoms with Crippen LogP contribution in [0, 0.1) is 26.7 Å². The fourth-order valence-electron chi connectivity index (χ4n) is 6.00. The van der Waals surface area contributed by atoms with Crippen LogP contribution in [0.1, 0.15) is 53.1 Å². The summed E-state index contributed by atoms with van der Waals surface area (Å²) in [6, 6.07) is 11.7. The Kier molecular flexibility index (Phi) is 9.23. The van der Waals surface area contributed by atoms with E-state index in [0.717, 1.165) is 49.8 Å². The number of rotatable bonds is 5. The molecule has 38 heavy (non-hydrogen) atoms. The average Bonchev–Trinajstić information content (AvgIpc) is 3.16. The number of ether oxygens (including phenoxy) is 2. The predicted octanol–water partition coefficient (Wildman–Crippen LogP) is 6.62. The number of benzene rings is 2. The molecule has 1 aromatic heterocycles. The van der Waals surface area contributed by atoms with Crippen LogP contribution < -0.4 is 14.4 Å². The van der Waals surface area contributed by atoms with Crippen LogP contribution in [0.3, 0.4) is 0 Å². The number of methoxy groups -OCH3 is 1. The fraction of sp³-hybridized carbons (Fsp3) is 0.433. The highest BCUT2D eigenvalue weighted by Gasteiger charge is 2.45. The van der Waals surface area contributed by atoms with E-state index in [1.807, 2.05) is 18.2 Å². The summed E-state index contributed by atoms with van der Waals surface area (Å²) in [7, 11) is 1.70. The van der Waals surface area contributed by atoms with E-state index in [-0.39, 0.29) is 30.7 Å². The van der Waals surface area contributed by atoms with E-state index in [4.69, 9.17) is 9.47 Å². The maximum absolute atomic E-state index is 13.6. The number of nitrogens with zero attached hydrogens (tertiary/aromatic N) is 3. The van der Waals surface area contributed by atoms with Crippen LogP contribution in [0.25, 0.3) is 0 Å². The molecule has 8 heteroatoms. The number of piperazine rings is 1. The number of hydrogen-bond donors (Lipinski definition) is 0. The summed E-state index contributed by atoms with van der Waals surface area (Å²) < 4.78 is 25.5. The smallest absolute Gasteiger partial charge is 0.212 e. The molecule has 2 aliphatic heterocycles. The zero-order valence-corrected chi connectivity index (χ0v) is 24.6. The summed E-state index contributed by atoms with van der Waals surface area (Å²) in [6.45, 7) is 15.7. The summed E-state index contributed by atoms with van der Waals surface area (Å²) in [5.74, 6) is 1.41. The summed E-state index contributed by atoms with van der Waals surface area (Å²) in [4.78, 5) is 9.00. The molecule has 2 aromatic carbocycles. The van der Waals surface area contributed by atoms with Gasteiger partial charge in [-0.15, -0.1) is 24.8 Å². The first-order valence-corrected chi connectivity index (χ1v) is 12.7. The topological polar surface area (TPSA) is 37.8 Å². The van der Waals surface area contributed by atoms with Crippen LogP contribution in [0.5, 0.6) is 11.5 Å². The van der Waals surface area contributed by atoms with Crippen molar-refractivity contribution in [3.05, 3.63) is 81.9 Å². The van der Waals surface area contributed by atoms with Crippen LogP contribution in [0.2, 0.25) is 0 Å². The average molecular weight is 563 g/mol. The van der Waals surface area contributed by atoms with Crippen molar-refractivity contribution in [2.75, 3.05) is 38.2 Å². The predicted molar refractivity (Wildman–Crippen MR) is 156 cm³/mol. The van der Waals surface area contributed by atoms with Gasteiger partial charge in [-0.3, -0.25) is 4.90 Å². The minimum Gasteiger partial charge on any atom is -0.497 e. The fourth-order valence-corrected chi connectivity index (χ4v) is 6.00. The van der Waals surface area contributed by atoms with Crippen molar-refractivity contribution in [1.29, 1.82) is 0 Å². The van der Waals surface area contributed by atoms with Gasteiger partial charge in [0.25, 0.3) is 0 Å². The highest BCUT2D eigenvalue weighted by molar-refractivity contribution is 5.85. The van der Waals surface area contributed by atoms with Crippen LogP contribution in [0.4, 0.5) is 10.1 Å².